The molecule has 1 heterocycles. The lowest BCUT2D eigenvalue weighted by Crippen LogP contribution is -2.29. The second-order valence-corrected chi connectivity index (χ2v) is 5.63. The first-order valence-electron chi connectivity index (χ1n) is 6.12. The summed E-state index contributed by atoms with van der Waals surface area (Å²) in [7, 11) is 1.41. The molecule has 0 saturated heterocycles. The lowest BCUT2D eigenvalue weighted by Gasteiger charge is -2.16. The number of hydrogen-bond acceptors (Lipinski definition) is 4. The lowest BCUT2D eigenvalue weighted by molar-refractivity contribution is -0.143. The van der Waals surface area contributed by atoms with E-state index in [1.54, 1.807) is 11.3 Å². The molecule has 3 nitrogen and oxygen atoms in total. The van der Waals surface area contributed by atoms with Gasteiger partial charge in [-0.1, -0.05) is 30.3 Å². The Balaban J connectivity index is 2.09. The van der Waals surface area contributed by atoms with Gasteiger partial charge in [-0.2, -0.15) is 0 Å². The number of aryl methyl sites for hydroxylation is 1. The summed E-state index contributed by atoms with van der Waals surface area (Å²) >= 11 is 1.73. The predicted molar refractivity (Wildman–Crippen MR) is 77.1 cm³/mol. The van der Waals surface area contributed by atoms with E-state index in [-0.39, 0.29) is 5.97 Å². The third-order valence-corrected chi connectivity index (χ3v) is 3.85. The highest BCUT2D eigenvalue weighted by Gasteiger charge is 2.20. The van der Waals surface area contributed by atoms with E-state index in [0.29, 0.717) is 6.54 Å². The molecule has 4 heteroatoms. The zero-order chi connectivity index (χ0) is 13.7. The van der Waals surface area contributed by atoms with E-state index in [1.807, 2.05) is 30.3 Å². The minimum absolute atomic E-state index is 0.264. The van der Waals surface area contributed by atoms with E-state index in [1.165, 1.54) is 16.9 Å². The number of hydrogen-bond donors (Lipinski definition) is 1. The number of rotatable bonds is 5. The van der Waals surface area contributed by atoms with Gasteiger partial charge in [-0.25, -0.2) is 4.79 Å². The molecule has 1 atom stereocenters. The highest BCUT2D eigenvalue weighted by molar-refractivity contribution is 7.11. The van der Waals surface area contributed by atoms with Crippen LogP contribution in [0.4, 0.5) is 0 Å². The van der Waals surface area contributed by atoms with E-state index in [9.17, 15) is 4.79 Å². The van der Waals surface area contributed by atoms with Crippen molar-refractivity contribution < 1.29 is 9.53 Å². The van der Waals surface area contributed by atoms with Gasteiger partial charge in [0.2, 0.25) is 0 Å². The fraction of sp³-hybridized carbons (Fsp3) is 0.267. The molecule has 0 bridgehead atoms. The molecule has 0 fully saturated rings. The average molecular weight is 275 g/mol. The minimum Gasteiger partial charge on any atom is -0.468 e. The number of nitrogens with one attached hydrogen (secondary N) is 1. The van der Waals surface area contributed by atoms with Gasteiger partial charge in [-0.3, -0.25) is 5.32 Å². The molecular formula is C15H17NO2S. The second kappa shape index (κ2) is 6.50. The first kappa shape index (κ1) is 13.8. The Morgan fingerprint density at radius 1 is 1.26 bits per heavy atom. The topological polar surface area (TPSA) is 38.3 Å². The van der Waals surface area contributed by atoms with E-state index in [2.05, 4.69) is 24.4 Å². The molecule has 0 aliphatic rings. The van der Waals surface area contributed by atoms with E-state index >= 15 is 0 Å². The number of carbonyl (C=O) groups excluding carboxylic acids is 1. The van der Waals surface area contributed by atoms with Crippen LogP contribution in [0.5, 0.6) is 0 Å². The number of methoxy groups -OCH3 is 1. The molecule has 0 saturated carbocycles. The molecule has 1 unspecified atom stereocenters. The number of esters is 1. The first-order valence-corrected chi connectivity index (χ1v) is 6.94. The fourth-order valence-electron chi connectivity index (χ4n) is 1.88. The average Bonchev–Trinajstić information content (AvgIpc) is 2.85. The van der Waals surface area contributed by atoms with Gasteiger partial charge in [0.15, 0.2) is 0 Å². The molecular weight excluding hydrogens is 258 g/mol. The molecule has 0 amide bonds. The third kappa shape index (κ3) is 3.66. The highest BCUT2D eigenvalue weighted by atomic mass is 32.1. The van der Waals surface area contributed by atoms with Crippen LogP contribution in [0.25, 0.3) is 0 Å². The Kier molecular flexibility index (Phi) is 4.71. The Morgan fingerprint density at radius 2 is 2.00 bits per heavy atom. The number of carbonyl (C=O) groups is 1. The molecule has 2 aromatic rings. The summed E-state index contributed by atoms with van der Waals surface area (Å²) in [5.41, 5.74) is 0.919. The van der Waals surface area contributed by atoms with Crippen molar-refractivity contribution in [1.29, 1.82) is 0 Å². The van der Waals surface area contributed by atoms with Crippen LogP contribution >= 0.6 is 11.3 Å². The largest absolute Gasteiger partial charge is 0.468 e. The Morgan fingerprint density at radius 3 is 2.58 bits per heavy atom. The van der Waals surface area contributed by atoms with Crippen LogP contribution in [0, 0.1) is 6.92 Å². The van der Waals surface area contributed by atoms with Gasteiger partial charge in [0, 0.05) is 16.3 Å². The summed E-state index contributed by atoms with van der Waals surface area (Å²) in [6.45, 7) is 2.73. The first-order chi connectivity index (χ1) is 9.20. The molecule has 0 aliphatic heterocycles. The van der Waals surface area contributed by atoms with Gasteiger partial charge in [-0.15, -0.1) is 11.3 Å². The van der Waals surface area contributed by atoms with Gasteiger partial charge in [0.05, 0.1) is 7.11 Å². The molecule has 0 spiro atoms. The summed E-state index contributed by atoms with van der Waals surface area (Å²) in [6, 6.07) is 13.4. The second-order valence-electron chi connectivity index (χ2n) is 4.26. The zero-order valence-electron chi connectivity index (χ0n) is 11.1. The van der Waals surface area contributed by atoms with Crippen LogP contribution in [0.1, 0.15) is 21.4 Å². The van der Waals surface area contributed by atoms with E-state index < -0.39 is 6.04 Å². The summed E-state index contributed by atoms with van der Waals surface area (Å²) in [5, 5.41) is 3.25. The van der Waals surface area contributed by atoms with Crippen molar-refractivity contribution in [2.24, 2.45) is 0 Å². The monoisotopic (exact) mass is 275 g/mol. The minimum atomic E-state index is -0.423. The quantitative estimate of drug-likeness (QED) is 0.852. The maximum absolute atomic E-state index is 11.9. The molecule has 2 rings (SSSR count). The zero-order valence-corrected chi connectivity index (χ0v) is 11.9. The maximum atomic E-state index is 11.9. The van der Waals surface area contributed by atoms with Gasteiger partial charge in [0.25, 0.3) is 0 Å². The number of thiophene rings is 1. The van der Waals surface area contributed by atoms with Gasteiger partial charge >= 0.3 is 5.97 Å². The number of benzene rings is 1. The predicted octanol–water partition coefficient (Wildman–Crippen LogP) is 3.06. The van der Waals surface area contributed by atoms with Crippen LogP contribution in [0.2, 0.25) is 0 Å². The van der Waals surface area contributed by atoms with Gasteiger partial charge < -0.3 is 4.74 Å². The Bertz CT molecular complexity index is 536. The van der Waals surface area contributed by atoms with E-state index in [0.717, 1.165) is 5.56 Å². The fourth-order valence-corrected chi connectivity index (χ4v) is 2.72. The molecule has 0 aliphatic carbocycles. The van der Waals surface area contributed by atoms with E-state index in [4.69, 9.17) is 4.74 Å². The normalized spacial score (nSPS) is 12.1. The lowest BCUT2D eigenvalue weighted by atomic mass is 10.1. The summed E-state index contributed by atoms with van der Waals surface area (Å²) in [4.78, 5) is 14.3. The molecule has 100 valence electrons. The van der Waals surface area contributed by atoms with Crippen LogP contribution in [0.15, 0.2) is 42.5 Å². The van der Waals surface area contributed by atoms with Crippen LogP contribution in [0.3, 0.4) is 0 Å². The smallest absolute Gasteiger partial charge is 0.327 e. The molecule has 1 N–H and O–H groups in total. The summed E-state index contributed by atoms with van der Waals surface area (Å²) < 4.78 is 4.86. The number of ether oxygens (including phenoxy) is 1. The molecule has 0 radical (unpaired) electrons. The van der Waals surface area contributed by atoms with Crippen molar-refractivity contribution in [3.8, 4) is 0 Å². The van der Waals surface area contributed by atoms with Crippen molar-refractivity contribution in [3.05, 3.63) is 57.8 Å². The van der Waals surface area contributed by atoms with Crippen LogP contribution < -0.4 is 5.32 Å². The maximum Gasteiger partial charge on any atom is 0.327 e. The van der Waals surface area contributed by atoms with Crippen molar-refractivity contribution in [2.45, 2.75) is 19.5 Å². The Labute approximate surface area is 117 Å². The Hall–Kier alpha value is -1.65. The van der Waals surface area contributed by atoms with Crippen LogP contribution in [-0.4, -0.2) is 13.1 Å². The molecule has 19 heavy (non-hydrogen) atoms. The van der Waals surface area contributed by atoms with Crippen molar-refractivity contribution in [2.75, 3.05) is 7.11 Å². The molecule has 1 aromatic heterocycles. The van der Waals surface area contributed by atoms with Gasteiger partial charge in [0.1, 0.15) is 6.04 Å². The van der Waals surface area contributed by atoms with Gasteiger partial charge in [-0.05, 0) is 24.6 Å². The van der Waals surface area contributed by atoms with Crippen LogP contribution in [-0.2, 0) is 16.1 Å². The van der Waals surface area contributed by atoms with Crippen molar-refractivity contribution in [3.63, 3.8) is 0 Å². The van der Waals surface area contributed by atoms with Crippen molar-refractivity contribution >= 4 is 17.3 Å². The third-order valence-electron chi connectivity index (χ3n) is 2.85. The summed E-state index contributed by atoms with van der Waals surface area (Å²) in [6.07, 6.45) is 0. The standard InChI is InChI=1S/C15H17NO2S/c1-11-8-9-13(19-11)10-16-14(15(17)18-2)12-6-4-3-5-7-12/h3-9,14,16H,10H2,1-2H3. The SMILES string of the molecule is COC(=O)C(NCc1ccc(C)s1)c1ccccc1. The summed E-state index contributed by atoms with van der Waals surface area (Å²) in [5.74, 6) is -0.264. The highest BCUT2D eigenvalue weighted by Crippen LogP contribution is 2.18. The molecule has 1 aromatic carbocycles. The van der Waals surface area contributed by atoms with Crippen molar-refractivity contribution in [1.82, 2.24) is 5.32 Å².